The van der Waals surface area contributed by atoms with E-state index in [-0.39, 0.29) is 18.7 Å². The van der Waals surface area contributed by atoms with Crippen molar-refractivity contribution < 1.29 is 28.9 Å². The molecule has 0 saturated carbocycles. The van der Waals surface area contributed by atoms with Crippen LogP contribution in [0.3, 0.4) is 0 Å². The maximum atomic E-state index is 11.6. The van der Waals surface area contributed by atoms with Crippen LogP contribution in [0.25, 0.3) is 0 Å². The number of carbonyl (C=O) groups is 2. The van der Waals surface area contributed by atoms with Gasteiger partial charge in [0.25, 0.3) is 5.69 Å². The van der Waals surface area contributed by atoms with E-state index in [2.05, 4.69) is 25.3 Å². The van der Waals surface area contributed by atoms with Gasteiger partial charge in [-0.2, -0.15) is 5.10 Å². The van der Waals surface area contributed by atoms with Crippen LogP contribution in [0.5, 0.6) is 0 Å². The van der Waals surface area contributed by atoms with Crippen LogP contribution in [0.4, 0.5) is 21.9 Å². The molecule has 1 rings (SSSR count). The zero-order valence-electron chi connectivity index (χ0n) is 14.4. The Labute approximate surface area is 152 Å². The lowest BCUT2D eigenvalue weighted by Crippen LogP contribution is -2.42. The number of esters is 1. The summed E-state index contributed by atoms with van der Waals surface area (Å²) in [6, 6.07) is 1.91. The summed E-state index contributed by atoms with van der Waals surface area (Å²) in [5.41, 5.74) is 1.28. The predicted molar refractivity (Wildman–Crippen MR) is 92.4 cm³/mol. The summed E-state index contributed by atoms with van der Waals surface area (Å²) in [7, 11) is 1.14. The molecule has 13 heteroatoms. The van der Waals surface area contributed by atoms with Crippen LogP contribution in [0.1, 0.15) is 13.3 Å². The third kappa shape index (κ3) is 6.56. The molecule has 0 fully saturated rings. The summed E-state index contributed by atoms with van der Waals surface area (Å²) < 4.78 is 9.22. The van der Waals surface area contributed by atoms with Gasteiger partial charge in [0.05, 0.1) is 29.6 Å². The van der Waals surface area contributed by atoms with E-state index in [4.69, 9.17) is 0 Å². The van der Waals surface area contributed by atoms with E-state index in [0.29, 0.717) is 0 Å². The minimum atomic E-state index is -1.08. The standard InChI is InChI=1S/C14H17N5O8/c1-3-27-14(21)16-11(13(20)26-2)6-7-15-17-10-5-4-9(18(22)23)8-12(10)19(24)25/h4-5,7-8,11,17H,3,6H2,1-2H3,(H,16,21)/b15-7+. The summed E-state index contributed by atoms with van der Waals surface area (Å²) in [6.07, 6.45) is 0.262. The molecule has 0 saturated heterocycles. The molecule has 146 valence electrons. The highest BCUT2D eigenvalue weighted by atomic mass is 16.6. The molecule has 27 heavy (non-hydrogen) atoms. The number of non-ortho nitro benzene ring substituents is 1. The van der Waals surface area contributed by atoms with E-state index < -0.39 is 39.3 Å². The van der Waals surface area contributed by atoms with Crippen LogP contribution < -0.4 is 10.7 Å². The highest BCUT2D eigenvalue weighted by Gasteiger charge is 2.21. The van der Waals surface area contributed by atoms with Crippen LogP contribution in [-0.2, 0) is 14.3 Å². The average Bonchev–Trinajstić information content (AvgIpc) is 2.63. The number of nitrogens with zero attached hydrogens (tertiary/aromatic N) is 3. The quantitative estimate of drug-likeness (QED) is 0.277. The summed E-state index contributed by atoms with van der Waals surface area (Å²) in [4.78, 5) is 43.2. The van der Waals surface area contributed by atoms with Gasteiger partial charge in [-0.1, -0.05) is 0 Å². The predicted octanol–water partition coefficient (Wildman–Crippen LogP) is 1.58. The highest BCUT2D eigenvalue weighted by Crippen LogP contribution is 2.28. The zero-order chi connectivity index (χ0) is 20.4. The molecular formula is C14H17N5O8. The molecule has 0 bridgehead atoms. The number of amides is 1. The Morgan fingerprint density at radius 1 is 1.30 bits per heavy atom. The van der Waals surface area contributed by atoms with Crippen molar-refractivity contribution >= 4 is 35.3 Å². The Bertz CT molecular complexity index is 751. The monoisotopic (exact) mass is 383 g/mol. The molecule has 1 aromatic carbocycles. The van der Waals surface area contributed by atoms with Gasteiger partial charge in [0.2, 0.25) is 0 Å². The van der Waals surface area contributed by atoms with Crippen molar-refractivity contribution in [2.45, 2.75) is 19.4 Å². The third-order valence-corrected chi connectivity index (χ3v) is 3.06. The molecule has 0 spiro atoms. The van der Waals surface area contributed by atoms with E-state index in [1.807, 2.05) is 0 Å². The van der Waals surface area contributed by atoms with Gasteiger partial charge < -0.3 is 14.8 Å². The van der Waals surface area contributed by atoms with Crippen LogP contribution in [-0.4, -0.2) is 47.9 Å². The van der Waals surface area contributed by atoms with Crippen LogP contribution >= 0.6 is 0 Å². The van der Waals surface area contributed by atoms with E-state index in [1.165, 1.54) is 6.21 Å². The number of carbonyl (C=O) groups excluding carboxylic acids is 2. The fraction of sp³-hybridized carbons (Fsp3) is 0.357. The summed E-state index contributed by atoms with van der Waals surface area (Å²) in [5, 5.41) is 27.7. The molecule has 0 aromatic heterocycles. The van der Waals surface area contributed by atoms with E-state index in [0.717, 1.165) is 25.3 Å². The van der Waals surface area contributed by atoms with Gasteiger partial charge in [-0.25, -0.2) is 9.59 Å². The van der Waals surface area contributed by atoms with Gasteiger partial charge in [0.15, 0.2) is 0 Å². The number of hydrogen-bond acceptors (Lipinski definition) is 10. The Morgan fingerprint density at radius 2 is 2.00 bits per heavy atom. The molecule has 1 amide bonds. The summed E-state index contributed by atoms with van der Waals surface area (Å²) in [6.45, 7) is 1.70. The van der Waals surface area contributed by atoms with Gasteiger partial charge in [0.1, 0.15) is 11.7 Å². The van der Waals surface area contributed by atoms with Crippen LogP contribution in [0.2, 0.25) is 0 Å². The van der Waals surface area contributed by atoms with E-state index in [1.54, 1.807) is 6.92 Å². The van der Waals surface area contributed by atoms with Gasteiger partial charge in [-0.05, 0) is 13.0 Å². The number of nitro groups is 2. The second kappa shape index (κ2) is 10.3. The maximum absolute atomic E-state index is 11.6. The largest absolute Gasteiger partial charge is 0.467 e. The van der Waals surface area contributed by atoms with Crippen molar-refractivity contribution in [1.29, 1.82) is 0 Å². The fourth-order valence-electron chi connectivity index (χ4n) is 1.82. The lowest BCUT2D eigenvalue weighted by Gasteiger charge is -2.13. The number of nitrogens with one attached hydrogen (secondary N) is 2. The normalized spacial score (nSPS) is 11.5. The molecule has 0 aliphatic carbocycles. The number of alkyl carbamates (subject to hydrolysis) is 1. The first-order valence-electron chi connectivity index (χ1n) is 7.51. The fourth-order valence-corrected chi connectivity index (χ4v) is 1.82. The Balaban J connectivity index is 2.81. The highest BCUT2D eigenvalue weighted by molar-refractivity contribution is 5.84. The summed E-state index contributed by atoms with van der Waals surface area (Å²) in [5.74, 6) is -0.740. The third-order valence-electron chi connectivity index (χ3n) is 3.06. The van der Waals surface area contributed by atoms with Gasteiger partial charge in [0, 0.05) is 18.7 Å². The lowest BCUT2D eigenvalue weighted by molar-refractivity contribution is -0.393. The number of hydrogen-bond donors (Lipinski definition) is 2. The average molecular weight is 383 g/mol. The molecule has 0 radical (unpaired) electrons. The molecular weight excluding hydrogens is 366 g/mol. The number of benzene rings is 1. The second-order valence-electron chi connectivity index (χ2n) is 4.82. The van der Waals surface area contributed by atoms with Gasteiger partial charge in [-0.15, -0.1) is 0 Å². The minimum Gasteiger partial charge on any atom is -0.467 e. The molecule has 13 nitrogen and oxygen atoms in total. The Hall–Kier alpha value is -3.77. The molecule has 1 unspecified atom stereocenters. The number of hydrazone groups is 1. The van der Waals surface area contributed by atoms with E-state index in [9.17, 15) is 29.8 Å². The Morgan fingerprint density at radius 3 is 2.56 bits per heavy atom. The summed E-state index contributed by atoms with van der Waals surface area (Å²) >= 11 is 0. The number of ether oxygens (including phenoxy) is 2. The number of methoxy groups -OCH3 is 1. The topological polar surface area (TPSA) is 175 Å². The SMILES string of the molecule is CCOC(=O)NC(C/C=N/Nc1ccc([N+](=O)[O-])cc1[N+](=O)[O-])C(=O)OC. The molecule has 0 aliphatic heterocycles. The first-order valence-corrected chi connectivity index (χ1v) is 7.51. The first-order chi connectivity index (χ1) is 12.8. The van der Waals surface area contributed by atoms with Crippen molar-refractivity contribution in [3.63, 3.8) is 0 Å². The van der Waals surface area contributed by atoms with E-state index >= 15 is 0 Å². The van der Waals surface area contributed by atoms with Crippen molar-refractivity contribution in [3.05, 3.63) is 38.4 Å². The molecule has 1 atom stereocenters. The van der Waals surface area contributed by atoms with Crippen LogP contribution in [0.15, 0.2) is 23.3 Å². The minimum absolute atomic E-state index is 0.0881. The van der Waals surface area contributed by atoms with Crippen molar-refractivity contribution in [1.82, 2.24) is 5.32 Å². The number of rotatable bonds is 9. The maximum Gasteiger partial charge on any atom is 0.407 e. The van der Waals surface area contributed by atoms with Crippen LogP contribution in [0, 0.1) is 20.2 Å². The van der Waals surface area contributed by atoms with Crippen molar-refractivity contribution in [2.24, 2.45) is 5.10 Å². The number of anilines is 1. The molecule has 1 aromatic rings. The van der Waals surface area contributed by atoms with Gasteiger partial charge in [-0.3, -0.25) is 25.7 Å². The lowest BCUT2D eigenvalue weighted by atomic mass is 10.2. The zero-order valence-corrected chi connectivity index (χ0v) is 14.4. The molecule has 2 N–H and O–H groups in total. The second-order valence-corrected chi connectivity index (χ2v) is 4.82. The number of nitro benzene ring substituents is 2. The first kappa shape index (κ1) is 21.3. The molecule has 0 aliphatic rings. The molecule has 0 heterocycles. The Kier molecular flexibility index (Phi) is 8.09. The smallest absolute Gasteiger partial charge is 0.407 e. The van der Waals surface area contributed by atoms with Crippen molar-refractivity contribution in [2.75, 3.05) is 19.1 Å². The van der Waals surface area contributed by atoms with Crippen molar-refractivity contribution in [3.8, 4) is 0 Å². The van der Waals surface area contributed by atoms with Gasteiger partial charge >= 0.3 is 17.7 Å².